The van der Waals surface area contributed by atoms with Crippen molar-refractivity contribution in [1.82, 2.24) is 0 Å². The molecule has 0 saturated carbocycles. The molecule has 1 unspecified atom stereocenters. The zero-order chi connectivity index (χ0) is 11.9. The van der Waals surface area contributed by atoms with Crippen molar-refractivity contribution in [1.29, 1.82) is 0 Å². The fourth-order valence-electron chi connectivity index (χ4n) is 1.89. The van der Waals surface area contributed by atoms with Crippen LogP contribution >= 0.6 is 0 Å². The summed E-state index contributed by atoms with van der Waals surface area (Å²) in [5, 5.41) is 0. The molecule has 92 valence electrons. The highest BCUT2D eigenvalue weighted by Gasteiger charge is 2.26. The van der Waals surface area contributed by atoms with Crippen molar-refractivity contribution in [2.24, 2.45) is 0 Å². The number of hydrogen-bond donors (Lipinski definition) is 0. The Morgan fingerprint density at radius 3 is 1.93 bits per heavy atom. The van der Waals surface area contributed by atoms with E-state index < -0.39 is 8.07 Å². The van der Waals surface area contributed by atoms with E-state index in [1.807, 2.05) is 0 Å². The highest BCUT2D eigenvalue weighted by Crippen LogP contribution is 2.24. The Kier molecular flexibility index (Phi) is 6.77. The predicted molar refractivity (Wildman–Crippen MR) is 74.1 cm³/mol. The Hall–Kier alpha value is 0.177. The summed E-state index contributed by atoms with van der Waals surface area (Å²) < 4.78 is 1.14. The first-order valence-corrected chi connectivity index (χ1v) is 9.75. The SMILES string of the molecule is CCCCC[Si](C)(CC)CC[N+](C)(C)C. The minimum Gasteiger partial charge on any atom is -0.331 e. The number of hydrogen-bond acceptors (Lipinski definition) is 0. The van der Waals surface area contributed by atoms with Crippen molar-refractivity contribution in [2.75, 3.05) is 27.7 Å². The maximum atomic E-state index is 2.61. The first kappa shape index (κ1) is 15.2. The maximum Gasteiger partial charge on any atom is 0.0756 e. The molecule has 0 radical (unpaired) electrons. The lowest BCUT2D eigenvalue weighted by Gasteiger charge is -2.31. The molecule has 0 heterocycles. The molecule has 0 rings (SSSR count). The fourth-order valence-corrected chi connectivity index (χ4v) is 5.16. The second-order valence-corrected chi connectivity index (χ2v) is 11.7. The lowest BCUT2D eigenvalue weighted by Crippen LogP contribution is -2.41. The van der Waals surface area contributed by atoms with Gasteiger partial charge in [0, 0.05) is 0 Å². The molecule has 2 heteroatoms. The molecule has 15 heavy (non-hydrogen) atoms. The third-order valence-electron chi connectivity index (χ3n) is 3.62. The van der Waals surface area contributed by atoms with E-state index in [1.54, 1.807) is 6.04 Å². The van der Waals surface area contributed by atoms with E-state index in [4.69, 9.17) is 0 Å². The van der Waals surface area contributed by atoms with Crippen LogP contribution in [0, 0.1) is 0 Å². The van der Waals surface area contributed by atoms with E-state index in [-0.39, 0.29) is 0 Å². The molecule has 1 nitrogen and oxygen atoms in total. The second kappa shape index (κ2) is 6.69. The summed E-state index contributed by atoms with van der Waals surface area (Å²) >= 11 is 0. The van der Waals surface area contributed by atoms with E-state index in [0.29, 0.717) is 0 Å². The van der Waals surface area contributed by atoms with Crippen LogP contribution in [-0.2, 0) is 0 Å². The summed E-state index contributed by atoms with van der Waals surface area (Å²) in [7, 11) is 6.06. The van der Waals surface area contributed by atoms with Crippen LogP contribution in [0.3, 0.4) is 0 Å². The van der Waals surface area contributed by atoms with Gasteiger partial charge in [-0.1, -0.05) is 51.7 Å². The smallest absolute Gasteiger partial charge is 0.0756 e. The molecule has 0 amide bonds. The molecule has 0 aromatic carbocycles. The van der Waals surface area contributed by atoms with E-state index in [0.717, 1.165) is 4.48 Å². The van der Waals surface area contributed by atoms with Crippen molar-refractivity contribution in [3.8, 4) is 0 Å². The van der Waals surface area contributed by atoms with Crippen LogP contribution in [0.1, 0.15) is 33.1 Å². The topological polar surface area (TPSA) is 0 Å². The first-order valence-electron chi connectivity index (χ1n) is 6.63. The zero-order valence-electron chi connectivity index (χ0n) is 11.9. The van der Waals surface area contributed by atoms with Crippen LogP contribution in [-0.4, -0.2) is 40.2 Å². The van der Waals surface area contributed by atoms with Crippen LogP contribution < -0.4 is 0 Å². The number of quaternary nitrogens is 1. The van der Waals surface area contributed by atoms with Crippen LogP contribution in [0.15, 0.2) is 0 Å². The van der Waals surface area contributed by atoms with Gasteiger partial charge in [-0.3, -0.25) is 0 Å². The quantitative estimate of drug-likeness (QED) is 0.336. The second-order valence-electron chi connectivity index (χ2n) is 6.39. The van der Waals surface area contributed by atoms with Gasteiger partial charge in [0.1, 0.15) is 0 Å². The molecule has 0 saturated heterocycles. The Morgan fingerprint density at radius 2 is 1.53 bits per heavy atom. The Morgan fingerprint density at radius 1 is 0.933 bits per heavy atom. The number of nitrogens with zero attached hydrogens (tertiary/aromatic N) is 1. The molecule has 0 aliphatic carbocycles. The lowest BCUT2D eigenvalue weighted by molar-refractivity contribution is -0.868. The third kappa shape index (κ3) is 8.03. The molecule has 1 atom stereocenters. The number of unbranched alkanes of at least 4 members (excludes halogenated alkanes) is 2. The van der Waals surface area contributed by atoms with Crippen molar-refractivity contribution < 1.29 is 4.48 Å². The summed E-state index contributed by atoms with van der Waals surface area (Å²) in [6.07, 6.45) is 4.28. The molecule has 0 aliphatic heterocycles. The lowest BCUT2D eigenvalue weighted by atomic mass is 10.3. The van der Waals surface area contributed by atoms with Crippen molar-refractivity contribution in [3.63, 3.8) is 0 Å². The zero-order valence-corrected chi connectivity index (χ0v) is 12.9. The Bertz CT molecular complexity index is 162. The van der Waals surface area contributed by atoms with Gasteiger partial charge in [0.15, 0.2) is 0 Å². The molecular weight excluding hydrogens is 198 g/mol. The van der Waals surface area contributed by atoms with Crippen molar-refractivity contribution in [2.45, 2.75) is 57.8 Å². The molecule has 0 fully saturated rings. The average Bonchev–Trinajstić information content (AvgIpc) is 2.14. The summed E-state index contributed by atoms with van der Waals surface area (Å²) in [6, 6.07) is 4.53. The molecule has 0 N–H and O–H groups in total. The van der Waals surface area contributed by atoms with Gasteiger partial charge in [-0.15, -0.1) is 0 Å². The van der Waals surface area contributed by atoms with Crippen LogP contribution in [0.5, 0.6) is 0 Å². The highest BCUT2D eigenvalue weighted by atomic mass is 28.3. The summed E-state index contributed by atoms with van der Waals surface area (Å²) in [5.74, 6) is 0. The van der Waals surface area contributed by atoms with E-state index >= 15 is 0 Å². The summed E-state index contributed by atoms with van der Waals surface area (Å²) in [5.41, 5.74) is 0. The minimum atomic E-state index is -0.886. The summed E-state index contributed by atoms with van der Waals surface area (Å²) in [6.45, 7) is 8.69. The van der Waals surface area contributed by atoms with Gasteiger partial charge in [0.05, 0.1) is 35.8 Å². The molecule has 0 spiro atoms. The van der Waals surface area contributed by atoms with Crippen LogP contribution in [0.4, 0.5) is 0 Å². The standard InChI is InChI=1S/C13H32NSi/c1-7-9-10-12-15(6,8-2)13-11-14(3,4)5/h7-13H2,1-6H3/q+1. The maximum absolute atomic E-state index is 2.61. The van der Waals surface area contributed by atoms with Crippen LogP contribution in [0.25, 0.3) is 0 Å². The normalized spacial score (nSPS) is 16.4. The van der Waals surface area contributed by atoms with E-state index in [9.17, 15) is 0 Å². The van der Waals surface area contributed by atoms with E-state index in [2.05, 4.69) is 41.5 Å². The van der Waals surface area contributed by atoms with Gasteiger partial charge in [-0.05, 0) is 6.04 Å². The minimum absolute atomic E-state index is 0.886. The summed E-state index contributed by atoms with van der Waals surface area (Å²) in [4.78, 5) is 0. The van der Waals surface area contributed by atoms with Crippen molar-refractivity contribution >= 4 is 8.07 Å². The largest absolute Gasteiger partial charge is 0.331 e. The third-order valence-corrected chi connectivity index (χ3v) is 8.32. The molecule has 0 aromatic rings. The molecular formula is C13H32NSi+. The average molecular weight is 230 g/mol. The van der Waals surface area contributed by atoms with Gasteiger partial charge < -0.3 is 4.48 Å². The molecule has 0 aromatic heterocycles. The van der Waals surface area contributed by atoms with Gasteiger partial charge in [0.25, 0.3) is 0 Å². The predicted octanol–water partition coefficient (Wildman–Crippen LogP) is 3.98. The monoisotopic (exact) mass is 230 g/mol. The number of rotatable bonds is 8. The Balaban J connectivity index is 3.96. The van der Waals surface area contributed by atoms with Gasteiger partial charge in [-0.25, -0.2) is 0 Å². The highest BCUT2D eigenvalue weighted by molar-refractivity contribution is 6.78. The van der Waals surface area contributed by atoms with Gasteiger partial charge >= 0.3 is 0 Å². The van der Waals surface area contributed by atoms with E-state index in [1.165, 1.54) is 37.9 Å². The molecule has 0 bridgehead atoms. The first-order chi connectivity index (χ1) is 6.83. The van der Waals surface area contributed by atoms with Gasteiger partial charge in [0.2, 0.25) is 0 Å². The van der Waals surface area contributed by atoms with Crippen molar-refractivity contribution in [3.05, 3.63) is 0 Å². The fraction of sp³-hybridized carbons (Fsp3) is 1.00. The van der Waals surface area contributed by atoms with Crippen LogP contribution in [0.2, 0.25) is 24.7 Å². The van der Waals surface area contributed by atoms with Gasteiger partial charge in [-0.2, -0.15) is 0 Å². The Labute approximate surface area is 98.5 Å². The molecule has 0 aliphatic rings.